The predicted octanol–water partition coefficient (Wildman–Crippen LogP) is 3.81. The van der Waals surface area contributed by atoms with Crippen LogP contribution in [0.1, 0.15) is 72.1 Å². The highest BCUT2D eigenvalue weighted by molar-refractivity contribution is 4.90. The summed E-state index contributed by atoms with van der Waals surface area (Å²) in [5.41, 5.74) is 0.565. The standard InChI is InChI=1S/C17H34N2/c1-4-12-18-15-8-5-6-9-16(15)19-13-7-10-17(2,3)11-14-19/h15-16,18H,4-14H2,1-3H3. The molecule has 1 aliphatic carbocycles. The van der Waals surface area contributed by atoms with Crippen molar-refractivity contribution in [2.24, 2.45) is 5.41 Å². The van der Waals surface area contributed by atoms with E-state index in [2.05, 4.69) is 31.0 Å². The van der Waals surface area contributed by atoms with Gasteiger partial charge in [0.05, 0.1) is 0 Å². The SMILES string of the molecule is CCCNC1CCCCC1N1CCCC(C)(C)CC1. The van der Waals surface area contributed by atoms with E-state index in [1.165, 1.54) is 71.0 Å². The number of nitrogens with zero attached hydrogens (tertiary/aromatic N) is 1. The van der Waals surface area contributed by atoms with Gasteiger partial charge in [0.25, 0.3) is 0 Å². The summed E-state index contributed by atoms with van der Waals surface area (Å²) in [6.45, 7) is 11.0. The Labute approximate surface area is 120 Å². The molecule has 1 saturated carbocycles. The van der Waals surface area contributed by atoms with Gasteiger partial charge in [-0.25, -0.2) is 0 Å². The molecule has 112 valence electrons. The summed E-state index contributed by atoms with van der Waals surface area (Å²) in [6, 6.07) is 1.57. The number of hydrogen-bond donors (Lipinski definition) is 1. The zero-order chi connectivity index (χ0) is 13.7. The number of nitrogens with one attached hydrogen (secondary N) is 1. The maximum Gasteiger partial charge on any atom is 0.0249 e. The monoisotopic (exact) mass is 266 g/mol. The van der Waals surface area contributed by atoms with Crippen LogP contribution in [0, 0.1) is 5.41 Å². The Morgan fingerprint density at radius 1 is 1.05 bits per heavy atom. The summed E-state index contributed by atoms with van der Waals surface area (Å²) in [6.07, 6.45) is 11.1. The highest BCUT2D eigenvalue weighted by atomic mass is 15.2. The Balaban J connectivity index is 1.93. The lowest BCUT2D eigenvalue weighted by Crippen LogP contribution is -2.52. The molecule has 0 aromatic rings. The van der Waals surface area contributed by atoms with Gasteiger partial charge in [-0.2, -0.15) is 0 Å². The molecule has 2 nitrogen and oxygen atoms in total. The fraction of sp³-hybridized carbons (Fsp3) is 1.00. The van der Waals surface area contributed by atoms with E-state index in [0.29, 0.717) is 5.41 Å². The molecular weight excluding hydrogens is 232 g/mol. The number of hydrogen-bond acceptors (Lipinski definition) is 2. The second kappa shape index (κ2) is 7.08. The van der Waals surface area contributed by atoms with Crippen molar-refractivity contribution in [2.75, 3.05) is 19.6 Å². The first-order valence-corrected chi connectivity index (χ1v) is 8.60. The van der Waals surface area contributed by atoms with E-state index in [9.17, 15) is 0 Å². The molecule has 2 atom stereocenters. The molecule has 0 radical (unpaired) electrons. The van der Waals surface area contributed by atoms with Gasteiger partial charge >= 0.3 is 0 Å². The van der Waals surface area contributed by atoms with E-state index in [1.807, 2.05) is 0 Å². The van der Waals surface area contributed by atoms with Crippen LogP contribution < -0.4 is 5.32 Å². The summed E-state index contributed by atoms with van der Waals surface area (Å²) in [4.78, 5) is 2.82. The van der Waals surface area contributed by atoms with E-state index in [-0.39, 0.29) is 0 Å². The van der Waals surface area contributed by atoms with Crippen LogP contribution in [0.25, 0.3) is 0 Å². The van der Waals surface area contributed by atoms with Crippen LogP contribution >= 0.6 is 0 Å². The number of rotatable bonds is 4. The molecule has 1 N–H and O–H groups in total. The van der Waals surface area contributed by atoms with Gasteiger partial charge in [0.1, 0.15) is 0 Å². The van der Waals surface area contributed by atoms with Gasteiger partial charge in [-0.15, -0.1) is 0 Å². The molecule has 2 heteroatoms. The second-order valence-corrected chi connectivity index (χ2v) is 7.47. The lowest BCUT2D eigenvalue weighted by Gasteiger charge is -2.40. The summed E-state index contributed by atoms with van der Waals surface area (Å²) >= 11 is 0. The molecule has 1 aliphatic heterocycles. The fourth-order valence-electron chi connectivity index (χ4n) is 3.89. The Bertz CT molecular complexity index is 262. The molecule has 0 amide bonds. The molecule has 0 bridgehead atoms. The molecule has 2 unspecified atom stereocenters. The highest BCUT2D eigenvalue weighted by Gasteiger charge is 2.32. The van der Waals surface area contributed by atoms with Crippen molar-refractivity contribution in [3.8, 4) is 0 Å². The minimum Gasteiger partial charge on any atom is -0.312 e. The van der Waals surface area contributed by atoms with E-state index in [4.69, 9.17) is 0 Å². The van der Waals surface area contributed by atoms with Crippen LogP contribution in [-0.4, -0.2) is 36.6 Å². The van der Waals surface area contributed by atoms with Gasteiger partial charge in [-0.3, -0.25) is 4.90 Å². The van der Waals surface area contributed by atoms with Crippen LogP contribution in [0.3, 0.4) is 0 Å². The Morgan fingerprint density at radius 2 is 1.84 bits per heavy atom. The maximum atomic E-state index is 3.82. The van der Waals surface area contributed by atoms with Crippen LogP contribution in [0.15, 0.2) is 0 Å². The molecular formula is C17H34N2. The van der Waals surface area contributed by atoms with Crippen LogP contribution in [0.5, 0.6) is 0 Å². The largest absolute Gasteiger partial charge is 0.312 e. The van der Waals surface area contributed by atoms with Gasteiger partial charge < -0.3 is 5.32 Å². The van der Waals surface area contributed by atoms with Crippen LogP contribution in [0.4, 0.5) is 0 Å². The van der Waals surface area contributed by atoms with Crippen molar-refractivity contribution in [3.05, 3.63) is 0 Å². The number of likely N-dealkylation sites (tertiary alicyclic amines) is 1. The molecule has 1 heterocycles. The Kier molecular flexibility index (Phi) is 5.70. The summed E-state index contributed by atoms with van der Waals surface area (Å²) < 4.78 is 0. The van der Waals surface area contributed by atoms with Crippen molar-refractivity contribution in [2.45, 2.75) is 84.2 Å². The summed E-state index contributed by atoms with van der Waals surface area (Å²) in [7, 11) is 0. The van der Waals surface area contributed by atoms with E-state index in [1.54, 1.807) is 0 Å². The van der Waals surface area contributed by atoms with Gasteiger partial charge in [0, 0.05) is 12.1 Å². The Hall–Kier alpha value is -0.0800. The van der Waals surface area contributed by atoms with Crippen molar-refractivity contribution >= 4 is 0 Å². The van der Waals surface area contributed by atoms with Crippen molar-refractivity contribution in [3.63, 3.8) is 0 Å². The Morgan fingerprint density at radius 3 is 2.63 bits per heavy atom. The van der Waals surface area contributed by atoms with Crippen LogP contribution in [-0.2, 0) is 0 Å². The van der Waals surface area contributed by atoms with Crippen molar-refractivity contribution in [1.29, 1.82) is 0 Å². The lowest BCUT2D eigenvalue weighted by atomic mass is 9.85. The van der Waals surface area contributed by atoms with Crippen molar-refractivity contribution in [1.82, 2.24) is 10.2 Å². The van der Waals surface area contributed by atoms with E-state index in [0.717, 1.165) is 12.1 Å². The average Bonchev–Trinajstić information content (AvgIpc) is 2.58. The summed E-state index contributed by atoms with van der Waals surface area (Å²) in [5.74, 6) is 0. The molecule has 19 heavy (non-hydrogen) atoms. The maximum absolute atomic E-state index is 3.82. The molecule has 0 aromatic carbocycles. The van der Waals surface area contributed by atoms with Crippen LogP contribution in [0.2, 0.25) is 0 Å². The third kappa shape index (κ3) is 4.46. The predicted molar refractivity (Wildman–Crippen MR) is 83.5 cm³/mol. The quantitative estimate of drug-likeness (QED) is 0.832. The molecule has 2 fully saturated rings. The normalized spacial score (nSPS) is 33.0. The van der Waals surface area contributed by atoms with Gasteiger partial charge in [0.15, 0.2) is 0 Å². The topological polar surface area (TPSA) is 15.3 Å². The van der Waals surface area contributed by atoms with Gasteiger partial charge in [-0.1, -0.05) is 33.6 Å². The van der Waals surface area contributed by atoms with Crippen molar-refractivity contribution < 1.29 is 0 Å². The third-order valence-corrected chi connectivity index (χ3v) is 5.23. The molecule has 0 spiro atoms. The summed E-state index contributed by atoms with van der Waals surface area (Å²) in [5, 5.41) is 3.82. The van der Waals surface area contributed by atoms with Gasteiger partial charge in [0.2, 0.25) is 0 Å². The molecule has 1 saturated heterocycles. The first kappa shape index (κ1) is 15.3. The first-order valence-electron chi connectivity index (χ1n) is 8.60. The van der Waals surface area contributed by atoms with Gasteiger partial charge in [-0.05, 0) is 63.6 Å². The second-order valence-electron chi connectivity index (χ2n) is 7.47. The third-order valence-electron chi connectivity index (χ3n) is 5.23. The highest BCUT2D eigenvalue weighted by Crippen LogP contribution is 2.32. The molecule has 2 rings (SSSR count). The zero-order valence-electron chi connectivity index (χ0n) is 13.4. The van der Waals surface area contributed by atoms with E-state index >= 15 is 0 Å². The zero-order valence-corrected chi connectivity index (χ0v) is 13.4. The van der Waals surface area contributed by atoms with E-state index < -0.39 is 0 Å². The lowest BCUT2D eigenvalue weighted by molar-refractivity contribution is 0.122. The average molecular weight is 266 g/mol. The minimum absolute atomic E-state index is 0.565. The first-order chi connectivity index (χ1) is 9.12. The fourth-order valence-corrected chi connectivity index (χ4v) is 3.89. The minimum atomic E-state index is 0.565. The molecule has 2 aliphatic rings. The smallest absolute Gasteiger partial charge is 0.0249 e. The molecule has 0 aromatic heterocycles.